The lowest BCUT2D eigenvalue weighted by Crippen LogP contribution is -2.05. The van der Waals surface area contributed by atoms with Crippen molar-refractivity contribution in [2.75, 3.05) is 0 Å². The molecule has 1 nitrogen and oxygen atoms in total. The Bertz CT molecular complexity index is 243. The van der Waals surface area contributed by atoms with Crippen LogP contribution in [0.3, 0.4) is 0 Å². The lowest BCUT2D eigenvalue weighted by Gasteiger charge is -2.10. The van der Waals surface area contributed by atoms with Gasteiger partial charge in [-0.05, 0) is 31.0 Å². The summed E-state index contributed by atoms with van der Waals surface area (Å²) < 4.78 is 5.59. The number of thiol groups is 1. The highest BCUT2D eigenvalue weighted by atomic mass is 32.1. The molecule has 0 radical (unpaired) electrons. The van der Waals surface area contributed by atoms with E-state index in [4.69, 9.17) is 4.74 Å². The molecule has 0 fully saturated rings. The number of benzene rings is 1. The van der Waals surface area contributed by atoms with Crippen molar-refractivity contribution < 1.29 is 4.74 Å². The average Bonchev–Trinajstić information content (AvgIpc) is 2.16. The average molecular weight is 196 g/mol. The second-order valence-electron chi connectivity index (χ2n) is 3.20. The van der Waals surface area contributed by atoms with Crippen molar-refractivity contribution in [1.82, 2.24) is 0 Å². The Kier molecular flexibility index (Phi) is 4.33. The van der Waals surface area contributed by atoms with E-state index in [0.29, 0.717) is 12.7 Å². The monoisotopic (exact) mass is 196 g/mol. The summed E-state index contributed by atoms with van der Waals surface area (Å²) >= 11 is 4.22. The third-order valence-electron chi connectivity index (χ3n) is 2.05. The summed E-state index contributed by atoms with van der Waals surface area (Å²) in [6.07, 6.45) is 1.40. The molecule has 1 aromatic carbocycles. The van der Waals surface area contributed by atoms with Crippen LogP contribution in [-0.2, 0) is 11.3 Å². The first kappa shape index (κ1) is 10.6. The lowest BCUT2D eigenvalue weighted by molar-refractivity contribution is 0.0508. The van der Waals surface area contributed by atoms with E-state index in [1.165, 1.54) is 5.56 Å². The minimum absolute atomic E-state index is 0.343. The van der Waals surface area contributed by atoms with Gasteiger partial charge < -0.3 is 4.74 Å². The van der Waals surface area contributed by atoms with Gasteiger partial charge in [-0.2, -0.15) is 0 Å². The van der Waals surface area contributed by atoms with Gasteiger partial charge in [-0.3, -0.25) is 0 Å². The predicted octanol–water partition coefficient (Wildman–Crippen LogP) is 3.29. The highest BCUT2D eigenvalue weighted by Crippen LogP contribution is 2.10. The Hall–Kier alpha value is -0.470. The van der Waals surface area contributed by atoms with Crippen LogP contribution in [0.1, 0.15) is 25.8 Å². The van der Waals surface area contributed by atoms with E-state index in [2.05, 4.69) is 26.5 Å². The summed E-state index contributed by atoms with van der Waals surface area (Å²) in [6.45, 7) is 4.91. The van der Waals surface area contributed by atoms with Crippen molar-refractivity contribution in [3.63, 3.8) is 0 Å². The maximum absolute atomic E-state index is 5.59. The van der Waals surface area contributed by atoms with Gasteiger partial charge in [0, 0.05) is 4.90 Å². The Balaban J connectivity index is 2.41. The SMILES string of the molecule is CC[C@@H](C)OCc1ccc(S)cc1. The van der Waals surface area contributed by atoms with Crippen LogP contribution in [0.5, 0.6) is 0 Å². The van der Waals surface area contributed by atoms with Crippen molar-refractivity contribution in [3.05, 3.63) is 29.8 Å². The first-order valence-electron chi connectivity index (χ1n) is 4.62. The van der Waals surface area contributed by atoms with Crippen molar-refractivity contribution in [3.8, 4) is 0 Å². The molecule has 1 atom stereocenters. The highest BCUT2D eigenvalue weighted by molar-refractivity contribution is 7.80. The fraction of sp³-hybridized carbons (Fsp3) is 0.455. The Morgan fingerprint density at radius 3 is 2.46 bits per heavy atom. The van der Waals surface area contributed by atoms with Crippen LogP contribution >= 0.6 is 12.6 Å². The predicted molar refractivity (Wildman–Crippen MR) is 58.2 cm³/mol. The zero-order valence-electron chi connectivity index (χ0n) is 8.16. The van der Waals surface area contributed by atoms with Gasteiger partial charge in [-0.1, -0.05) is 19.1 Å². The minimum Gasteiger partial charge on any atom is -0.374 e. The van der Waals surface area contributed by atoms with Crippen molar-refractivity contribution >= 4 is 12.6 Å². The quantitative estimate of drug-likeness (QED) is 0.727. The van der Waals surface area contributed by atoms with E-state index in [9.17, 15) is 0 Å². The van der Waals surface area contributed by atoms with Crippen LogP contribution in [0.4, 0.5) is 0 Å². The highest BCUT2D eigenvalue weighted by Gasteiger charge is 1.98. The van der Waals surface area contributed by atoms with Gasteiger partial charge in [0.05, 0.1) is 12.7 Å². The van der Waals surface area contributed by atoms with Crippen molar-refractivity contribution in [1.29, 1.82) is 0 Å². The van der Waals surface area contributed by atoms with E-state index in [-0.39, 0.29) is 0 Å². The van der Waals surface area contributed by atoms with E-state index in [1.54, 1.807) is 0 Å². The van der Waals surface area contributed by atoms with Crippen molar-refractivity contribution in [2.45, 2.75) is 37.9 Å². The van der Waals surface area contributed by atoms with Crippen LogP contribution in [0, 0.1) is 0 Å². The second-order valence-corrected chi connectivity index (χ2v) is 3.71. The molecule has 0 aromatic heterocycles. The molecule has 0 aliphatic heterocycles. The molecule has 2 heteroatoms. The molecule has 0 N–H and O–H groups in total. The van der Waals surface area contributed by atoms with Gasteiger partial charge in [-0.25, -0.2) is 0 Å². The van der Waals surface area contributed by atoms with E-state index < -0.39 is 0 Å². The van der Waals surface area contributed by atoms with Crippen LogP contribution < -0.4 is 0 Å². The Morgan fingerprint density at radius 1 is 1.31 bits per heavy atom. The fourth-order valence-corrected chi connectivity index (χ4v) is 1.10. The molecule has 0 aliphatic rings. The molecule has 0 heterocycles. The van der Waals surface area contributed by atoms with Crippen molar-refractivity contribution in [2.24, 2.45) is 0 Å². The van der Waals surface area contributed by atoms with Crippen LogP contribution in [0.15, 0.2) is 29.2 Å². The van der Waals surface area contributed by atoms with Crippen LogP contribution in [0.2, 0.25) is 0 Å². The largest absolute Gasteiger partial charge is 0.374 e. The standard InChI is InChI=1S/C11H16OS/c1-3-9(2)12-8-10-4-6-11(13)7-5-10/h4-7,9,13H,3,8H2,1-2H3/t9-/m1/s1. The third-order valence-corrected chi connectivity index (χ3v) is 2.34. The number of rotatable bonds is 4. The molecule has 0 unspecified atom stereocenters. The zero-order valence-corrected chi connectivity index (χ0v) is 9.05. The van der Waals surface area contributed by atoms with Gasteiger partial charge >= 0.3 is 0 Å². The molecular formula is C11H16OS. The van der Waals surface area contributed by atoms with E-state index in [1.807, 2.05) is 24.3 Å². The third kappa shape index (κ3) is 3.83. The number of ether oxygens (including phenoxy) is 1. The maximum atomic E-state index is 5.59. The van der Waals surface area contributed by atoms with E-state index in [0.717, 1.165) is 11.3 Å². The molecule has 0 aliphatic carbocycles. The Morgan fingerprint density at radius 2 is 1.92 bits per heavy atom. The normalized spacial score (nSPS) is 12.8. The summed E-state index contributed by atoms with van der Waals surface area (Å²) in [5.41, 5.74) is 1.21. The van der Waals surface area contributed by atoms with Crippen LogP contribution in [0.25, 0.3) is 0 Å². The summed E-state index contributed by atoms with van der Waals surface area (Å²) in [5, 5.41) is 0. The number of hydrogen-bond acceptors (Lipinski definition) is 2. The summed E-state index contributed by atoms with van der Waals surface area (Å²) in [6, 6.07) is 8.06. The molecule has 1 aromatic rings. The summed E-state index contributed by atoms with van der Waals surface area (Å²) in [7, 11) is 0. The molecule has 0 saturated carbocycles. The first-order valence-corrected chi connectivity index (χ1v) is 5.06. The topological polar surface area (TPSA) is 9.23 Å². The second kappa shape index (κ2) is 5.30. The zero-order chi connectivity index (χ0) is 9.68. The molecule has 0 saturated heterocycles. The van der Waals surface area contributed by atoms with Gasteiger partial charge in [0.2, 0.25) is 0 Å². The number of hydrogen-bond donors (Lipinski definition) is 1. The summed E-state index contributed by atoms with van der Waals surface area (Å²) in [4.78, 5) is 0.993. The smallest absolute Gasteiger partial charge is 0.0720 e. The van der Waals surface area contributed by atoms with Crippen LogP contribution in [-0.4, -0.2) is 6.10 Å². The molecule has 0 bridgehead atoms. The molecule has 0 spiro atoms. The van der Waals surface area contributed by atoms with Gasteiger partial charge in [-0.15, -0.1) is 12.6 Å². The van der Waals surface area contributed by atoms with E-state index >= 15 is 0 Å². The first-order chi connectivity index (χ1) is 6.22. The molecule has 72 valence electrons. The fourth-order valence-electron chi connectivity index (χ4n) is 0.949. The van der Waals surface area contributed by atoms with Gasteiger partial charge in [0.15, 0.2) is 0 Å². The summed E-state index contributed by atoms with van der Waals surface area (Å²) in [5.74, 6) is 0. The molecule has 1 rings (SSSR count). The Labute approximate surface area is 85.5 Å². The lowest BCUT2D eigenvalue weighted by atomic mass is 10.2. The van der Waals surface area contributed by atoms with Gasteiger partial charge in [0.25, 0.3) is 0 Å². The minimum atomic E-state index is 0.343. The molecule has 13 heavy (non-hydrogen) atoms. The van der Waals surface area contributed by atoms with Gasteiger partial charge in [0.1, 0.15) is 0 Å². The molecule has 0 amide bonds. The maximum Gasteiger partial charge on any atom is 0.0720 e. The molecular weight excluding hydrogens is 180 g/mol.